The number of amides is 3. The monoisotopic (exact) mass is 442 g/mol. The molecule has 1 aliphatic rings. The number of aliphatic hydroxyl groups excluding tert-OH is 1. The van der Waals surface area contributed by atoms with Crippen molar-refractivity contribution in [3.05, 3.63) is 0 Å². The predicted molar refractivity (Wildman–Crippen MR) is 115 cm³/mol. The summed E-state index contributed by atoms with van der Waals surface area (Å²) in [6.07, 6.45) is 1.10. The van der Waals surface area contributed by atoms with Crippen molar-refractivity contribution >= 4 is 23.7 Å². The Morgan fingerprint density at radius 3 is 2.10 bits per heavy atom. The number of carboxylic acids is 1. The third kappa shape index (κ3) is 6.90. The van der Waals surface area contributed by atoms with Crippen LogP contribution in [0, 0.1) is 11.8 Å². The molecule has 1 rings (SSSR count). The quantitative estimate of drug-likeness (QED) is 0.297. The molecule has 3 amide bonds. The van der Waals surface area contributed by atoms with Gasteiger partial charge in [0.25, 0.3) is 0 Å². The van der Waals surface area contributed by atoms with Gasteiger partial charge in [-0.2, -0.15) is 0 Å². The third-order valence-corrected chi connectivity index (χ3v) is 6.22. The number of carbonyl (C=O) groups excluding carboxylic acids is 3. The molecule has 178 valence electrons. The number of hydrogen-bond acceptors (Lipinski definition) is 6. The maximum Gasteiger partial charge on any atom is 0.328 e. The lowest BCUT2D eigenvalue weighted by molar-refractivity contribution is -0.146. The summed E-state index contributed by atoms with van der Waals surface area (Å²) < 4.78 is 0. The van der Waals surface area contributed by atoms with Crippen LogP contribution < -0.4 is 16.4 Å². The minimum atomic E-state index is -1.49. The number of likely N-dealkylation sites (tertiary alicyclic amines) is 1. The molecule has 0 spiro atoms. The molecule has 10 nitrogen and oxygen atoms in total. The fraction of sp³-hybridized carbons (Fsp3) is 0.810. The molecule has 0 bridgehead atoms. The summed E-state index contributed by atoms with van der Waals surface area (Å²) in [6.45, 7) is 9.12. The summed E-state index contributed by atoms with van der Waals surface area (Å²) in [5, 5.41) is 23.9. The van der Waals surface area contributed by atoms with Crippen LogP contribution in [0.25, 0.3) is 0 Å². The lowest BCUT2D eigenvalue weighted by Crippen LogP contribution is -2.59. The Morgan fingerprint density at radius 1 is 1.03 bits per heavy atom. The molecule has 0 radical (unpaired) electrons. The van der Waals surface area contributed by atoms with E-state index < -0.39 is 48.1 Å². The molecule has 7 atom stereocenters. The molecule has 6 N–H and O–H groups in total. The molecule has 0 saturated carbocycles. The molecule has 1 aliphatic heterocycles. The van der Waals surface area contributed by atoms with Gasteiger partial charge in [-0.1, -0.05) is 40.5 Å². The Bertz CT molecular complexity index is 656. The first-order valence-electron chi connectivity index (χ1n) is 11.0. The average molecular weight is 443 g/mol. The van der Waals surface area contributed by atoms with Crippen LogP contribution in [0.1, 0.15) is 60.3 Å². The van der Waals surface area contributed by atoms with Gasteiger partial charge in [-0.05, 0) is 31.6 Å². The fourth-order valence-electron chi connectivity index (χ4n) is 3.57. The molecule has 10 heteroatoms. The Morgan fingerprint density at radius 2 is 1.61 bits per heavy atom. The minimum Gasteiger partial charge on any atom is -0.480 e. The maximum absolute atomic E-state index is 13.0. The van der Waals surface area contributed by atoms with Crippen molar-refractivity contribution in [3.63, 3.8) is 0 Å². The number of aliphatic carboxylic acids is 1. The lowest BCUT2D eigenvalue weighted by Gasteiger charge is -2.31. The summed E-state index contributed by atoms with van der Waals surface area (Å²) in [5.74, 6) is -3.13. The van der Waals surface area contributed by atoms with E-state index in [-0.39, 0.29) is 17.7 Å². The van der Waals surface area contributed by atoms with Gasteiger partial charge in [0.2, 0.25) is 17.7 Å². The third-order valence-electron chi connectivity index (χ3n) is 6.22. The van der Waals surface area contributed by atoms with Crippen molar-refractivity contribution in [1.82, 2.24) is 15.5 Å². The molecular weight excluding hydrogens is 404 g/mol. The van der Waals surface area contributed by atoms with E-state index in [1.165, 1.54) is 11.8 Å². The van der Waals surface area contributed by atoms with Gasteiger partial charge in [-0.25, -0.2) is 4.79 Å². The number of aliphatic hydroxyl groups is 1. The van der Waals surface area contributed by atoms with E-state index in [1.807, 2.05) is 20.8 Å². The number of rotatable bonds is 11. The van der Waals surface area contributed by atoms with Gasteiger partial charge >= 0.3 is 5.97 Å². The van der Waals surface area contributed by atoms with Crippen molar-refractivity contribution in [1.29, 1.82) is 0 Å². The number of carbonyl (C=O) groups is 4. The highest BCUT2D eigenvalue weighted by molar-refractivity contribution is 5.94. The first-order chi connectivity index (χ1) is 14.5. The Hall–Kier alpha value is -2.20. The van der Waals surface area contributed by atoms with Crippen LogP contribution >= 0.6 is 0 Å². The summed E-state index contributed by atoms with van der Waals surface area (Å²) in [7, 11) is 0. The van der Waals surface area contributed by atoms with E-state index in [2.05, 4.69) is 10.6 Å². The number of carboxylic acid groups (broad SMARTS) is 1. The minimum absolute atomic E-state index is 0.0242. The highest BCUT2D eigenvalue weighted by Crippen LogP contribution is 2.21. The molecule has 31 heavy (non-hydrogen) atoms. The molecule has 1 saturated heterocycles. The smallest absolute Gasteiger partial charge is 0.328 e. The molecule has 0 aromatic carbocycles. The second-order valence-electron chi connectivity index (χ2n) is 8.54. The van der Waals surface area contributed by atoms with Crippen LogP contribution in [0.4, 0.5) is 0 Å². The van der Waals surface area contributed by atoms with E-state index in [0.717, 1.165) is 6.42 Å². The normalized spacial score (nSPS) is 22.0. The van der Waals surface area contributed by atoms with Crippen molar-refractivity contribution in [3.8, 4) is 0 Å². The number of hydrogen-bond donors (Lipinski definition) is 5. The summed E-state index contributed by atoms with van der Waals surface area (Å²) in [4.78, 5) is 51.4. The first kappa shape index (κ1) is 26.8. The summed E-state index contributed by atoms with van der Waals surface area (Å²) >= 11 is 0. The highest BCUT2D eigenvalue weighted by atomic mass is 16.4. The first-order valence-corrected chi connectivity index (χ1v) is 11.0. The molecule has 1 fully saturated rings. The Kier molecular flexibility index (Phi) is 10.4. The van der Waals surface area contributed by atoms with E-state index in [0.29, 0.717) is 25.8 Å². The van der Waals surface area contributed by atoms with Gasteiger partial charge in [0.15, 0.2) is 6.04 Å². The van der Waals surface area contributed by atoms with Crippen molar-refractivity contribution < 1.29 is 29.4 Å². The zero-order valence-corrected chi connectivity index (χ0v) is 19.1. The second-order valence-corrected chi connectivity index (χ2v) is 8.54. The number of nitrogens with zero attached hydrogens (tertiary/aromatic N) is 1. The molecular formula is C21H38N4O6. The van der Waals surface area contributed by atoms with E-state index in [4.69, 9.17) is 5.73 Å². The molecule has 0 aromatic heterocycles. The zero-order valence-electron chi connectivity index (χ0n) is 19.1. The van der Waals surface area contributed by atoms with Crippen LogP contribution in [-0.2, 0) is 19.2 Å². The Balaban J connectivity index is 2.97. The number of nitrogens with two attached hydrogens (primary N) is 1. The van der Waals surface area contributed by atoms with Gasteiger partial charge in [0.1, 0.15) is 12.1 Å². The standard InChI is InChI=1S/C21H38N4O6/c1-6-11(3)15(22)20(29)25-10-8-9-14(25)18(27)23-16(12(4)7-2)19(28)24-17(13(5)26)21(30)31/h11-17,26H,6-10,22H2,1-5H3,(H,23,27)(H,24,28)(H,30,31). The van der Waals surface area contributed by atoms with E-state index in [1.54, 1.807) is 6.92 Å². The molecule has 7 unspecified atom stereocenters. The lowest BCUT2D eigenvalue weighted by atomic mass is 9.96. The fourth-order valence-corrected chi connectivity index (χ4v) is 3.57. The van der Waals surface area contributed by atoms with Gasteiger partial charge < -0.3 is 31.5 Å². The molecule has 0 aliphatic carbocycles. The molecule has 1 heterocycles. The highest BCUT2D eigenvalue weighted by Gasteiger charge is 2.39. The predicted octanol–water partition coefficient (Wildman–Crippen LogP) is -0.168. The van der Waals surface area contributed by atoms with Gasteiger partial charge in [0, 0.05) is 6.54 Å². The molecule has 0 aromatic rings. The zero-order chi connectivity index (χ0) is 23.9. The van der Waals surface area contributed by atoms with Crippen LogP contribution in [0.2, 0.25) is 0 Å². The average Bonchev–Trinajstić information content (AvgIpc) is 3.22. The summed E-state index contributed by atoms with van der Waals surface area (Å²) in [5.41, 5.74) is 6.08. The van der Waals surface area contributed by atoms with E-state index >= 15 is 0 Å². The van der Waals surface area contributed by atoms with Crippen LogP contribution in [0.15, 0.2) is 0 Å². The van der Waals surface area contributed by atoms with Crippen molar-refractivity contribution in [2.24, 2.45) is 17.6 Å². The maximum atomic E-state index is 13.0. The van der Waals surface area contributed by atoms with Crippen LogP contribution in [0.3, 0.4) is 0 Å². The van der Waals surface area contributed by atoms with Crippen molar-refractivity contribution in [2.45, 2.75) is 90.6 Å². The van der Waals surface area contributed by atoms with Crippen LogP contribution in [0.5, 0.6) is 0 Å². The van der Waals surface area contributed by atoms with E-state index in [9.17, 15) is 29.4 Å². The second kappa shape index (κ2) is 12.0. The van der Waals surface area contributed by atoms with Gasteiger partial charge in [-0.3, -0.25) is 14.4 Å². The number of nitrogens with one attached hydrogen (secondary N) is 2. The van der Waals surface area contributed by atoms with Gasteiger partial charge in [0.05, 0.1) is 12.1 Å². The largest absolute Gasteiger partial charge is 0.480 e. The van der Waals surface area contributed by atoms with Gasteiger partial charge in [-0.15, -0.1) is 0 Å². The summed E-state index contributed by atoms with van der Waals surface area (Å²) in [6, 6.07) is -3.92. The SMILES string of the molecule is CCC(C)C(N)C(=O)N1CCCC1C(=O)NC(C(=O)NC(C(=O)O)C(C)O)C(C)CC. The van der Waals surface area contributed by atoms with Crippen LogP contribution in [-0.4, -0.2) is 75.6 Å². The topological polar surface area (TPSA) is 162 Å². The Labute approximate surface area is 183 Å². The van der Waals surface area contributed by atoms with Crippen molar-refractivity contribution in [2.75, 3.05) is 6.54 Å².